The van der Waals surface area contributed by atoms with Gasteiger partial charge in [0, 0.05) is 10.8 Å². The van der Waals surface area contributed by atoms with Gasteiger partial charge in [-0.2, -0.15) is 0 Å². The Morgan fingerprint density at radius 1 is 0.900 bits per heavy atom. The van der Waals surface area contributed by atoms with E-state index in [1.807, 2.05) is 6.92 Å². The van der Waals surface area contributed by atoms with Crippen molar-refractivity contribution in [1.82, 2.24) is 0 Å². The first-order chi connectivity index (χ1) is 9.19. The summed E-state index contributed by atoms with van der Waals surface area (Å²) in [6, 6.07) is 6.27. The molecule has 1 fully saturated rings. The fraction of sp³-hybridized carbons (Fsp3) is 0.500. The molecule has 3 rings (SSSR count). The highest BCUT2D eigenvalue weighted by atomic mass is 16.7. The summed E-state index contributed by atoms with van der Waals surface area (Å²) in [6.07, 6.45) is 0. The molecule has 1 aliphatic heterocycles. The summed E-state index contributed by atoms with van der Waals surface area (Å²) in [6.45, 7) is 12.3. The fourth-order valence-corrected chi connectivity index (χ4v) is 2.61. The normalized spacial score (nSPS) is 20.8. The van der Waals surface area contributed by atoms with Crippen LogP contribution in [0, 0.1) is 13.8 Å². The molecule has 0 bridgehead atoms. The topological polar surface area (TPSA) is 31.6 Å². The molecular weight excluding hydrogens is 251 g/mol. The molecule has 106 valence electrons. The van der Waals surface area contributed by atoms with E-state index < -0.39 is 0 Å². The molecule has 0 spiro atoms. The lowest BCUT2D eigenvalue weighted by Gasteiger charge is -2.32. The van der Waals surface area contributed by atoms with Gasteiger partial charge in [0.15, 0.2) is 0 Å². The quantitative estimate of drug-likeness (QED) is 0.746. The van der Waals surface area contributed by atoms with Crippen LogP contribution in [0.25, 0.3) is 11.0 Å². The van der Waals surface area contributed by atoms with Gasteiger partial charge in [0.1, 0.15) is 11.3 Å². The second-order valence-electron chi connectivity index (χ2n) is 6.72. The zero-order valence-corrected chi connectivity index (χ0v) is 13.0. The molecule has 0 saturated carbocycles. The third-order valence-electron chi connectivity index (χ3n) is 4.42. The summed E-state index contributed by atoms with van der Waals surface area (Å²) in [5, 5.41) is 1.10. The van der Waals surface area contributed by atoms with Crippen LogP contribution in [0.5, 0.6) is 0 Å². The predicted molar refractivity (Wildman–Crippen MR) is 81.4 cm³/mol. The smallest absolute Gasteiger partial charge is 0.462 e. The van der Waals surface area contributed by atoms with Crippen LogP contribution in [-0.4, -0.2) is 18.3 Å². The van der Waals surface area contributed by atoms with E-state index in [1.165, 1.54) is 5.56 Å². The molecule has 0 atom stereocenters. The van der Waals surface area contributed by atoms with Crippen LogP contribution >= 0.6 is 0 Å². The number of rotatable bonds is 1. The monoisotopic (exact) mass is 272 g/mol. The van der Waals surface area contributed by atoms with Crippen LogP contribution in [0.2, 0.25) is 0 Å². The van der Waals surface area contributed by atoms with E-state index in [0.29, 0.717) is 0 Å². The van der Waals surface area contributed by atoms with Crippen molar-refractivity contribution in [1.29, 1.82) is 0 Å². The number of furan rings is 1. The molecule has 1 aliphatic rings. The highest BCUT2D eigenvalue weighted by Crippen LogP contribution is 2.37. The van der Waals surface area contributed by atoms with Crippen LogP contribution in [-0.2, 0) is 9.31 Å². The van der Waals surface area contributed by atoms with Crippen molar-refractivity contribution in [3.63, 3.8) is 0 Å². The number of aryl methyl sites for hydroxylation is 2. The van der Waals surface area contributed by atoms with Crippen molar-refractivity contribution in [3.05, 3.63) is 29.5 Å². The van der Waals surface area contributed by atoms with Gasteiger partial charge in [-0.1, -0.05) is 11.6 Å². The second kappa shape index (κ2) is 4.12. The van der Waals surface area contributed by atoms with Gasteiger partial charge in [-0.3, -0.25) is 0 Å². The Labute approximate surface area is 120 Å². The lowest BCUT2D eigenvalue weighted by Crippen LogP contribution is -2.41. The van der Waals surface area contributed by atoms with Crippen molar-refractivity contribution in [2.45, 2.75) is 52.7 Å². The average Bonchev–Trinajstić information content (AvgIpc) is 2.75. The molecule has 0 aliphatic carbocycles. The van der Waals surface area contributed by atoms with Gasteiger partial charge in [-0.25, -0.2) is 0 Å². The maximum atomic E-state index is 6.14. The van der Waals surface area contributed by atoms with Gasteiger partial charge in [0.2, 0.25) is 0 Å². The SMILES string of the molecule is Cc1cc(B2OC(C)(C)C(C)(C)O2)c2oc(C)cc2c1. The molecule has 1 aromatic carbocycles. The van der Waals surface area contributed by atoms with Crippen molar-refractivity contribution in [2.75, 3.05) is 0 Å². The van der Waals surface area contributed by atoms with Crippen LogP contribution in [0.4, 0.5) is 0 Å². The predicted octanol–water partition coefficient (Wildman–Crippen LogP) is 3.35. The Morgan fingerprint density at radius 2 is 1.50 bits per heavy atom. The lowest BCUT2D eigenvalue weighted by atomic mass is 9.77. The molecule has 1 aromatic heterocycles. The van der Waals surface area contributed by atoms with Crippen LogP contribution in [0.15, 0.2) is 22.6 Å². The highest BCUT2D eigenvalue weighted by molar-refractivity contribution is 6.64. The zero-order chi connectivity index (χ0) is 14.7. The van der Waals surface area contributed by atoms with Gasteiger partial charge in [0.05, 0.1) is 11.2 Å². The summed E-state index contributed by atoms with van der Waals surface area (Å²) < 4.78 is 18.1. The van der Waals surface area contributed by atoms with Gasteiger partial charge in [-0.15, -0.1) is 0 Å². The molecule has 2 aromatic rings. The Morgan fingerprint density at radius 3 is 2.10 bits per heavy atom. The van der Waals surface area contributed by atoms with E-state index in [9.17, 15) is 0 Å². The minimum absolute atomic E-state index is 0.338. The summed E-state index contributed by atoms with van der Waals surface area (Å²) in [5.41, 5.74) is 2.35. The molecule has 2 heterocycles. The first-order valence-electron chi connectivity index (χ1n) is 7.06. The molecule has 3 nitrogen and oxygen atoms in total. The third-order valence-corrected chi connectivity index (χ3v) is 4.42. The van der Waals surface area contributed by atoms with E-state index >= 15 is 0 Å². The first-order valence-corrected chi connectivity index (χ1v) is 7.06. The molecule has 0 N–H and O–H groups in total. The maximum Gasteiger partial charge on any atom is 0.498 e. The minimum Gasteiger partial charge on any atom is -0.462 e. The lowest BCUT2D eigenvalue weighted by molar-refractivity contribution is 0.00578. The highest BCUT2D eigenvalue weighted by Gasteiger charge is 2.52. The van der Waals surface area contributed by atoms with Gasteiger partial charge in [-0.05, 0) is 53.7 Å². The van der Waals surface area contributed by atoms with Crippen molar-refractivity contribution in [3.8, 4) is 0 Å². The standard InChI is InChI=1S/C16H21BO3/c1-10-7-12-9-11(2)18-14(12)13(8-10)17-19-15(3,4)16(5,6)20-17/h7-9H,1-6H3. The molecule has 0 unspecified atom stereocenters. The first kappa shape index (κ1) is 13.7. The van der Waals surface area contributed by atoms with E-state index in [-0.39, 0.29) is 18.3 Å². The summed E-state index contributed by atoms with van der Waals surface area (Å²) in [4.78, 5) is 0. The van der Waals surface area contributed by atoms with E-state index in [2.05, 4.69) is 52.8 Å². The van der Waals surface area contributed by atoms with E-state index in [0.717, 1.165) is 22.2 Å². The largest absolute Gasteiger partial charge is 0.498 e. The molecule has 20 heavy (non-hydrogen) atoms. The molecular formula is C16H21BO3. The number of hydrogen-bond donors (Lipinski definition) is 0. The number of fused-ring (bicyclic) bond motifs is 1. The van der Waals surface area contributed by atoms with E-state index in [4.69, 9.17) is 13.7 Å². The number of benzene rings is 1. The molecule has 0 radical (unpaired) electrons. The summed E-state index contributed by atoms with van der Waals surface area (Å²) in [5.74, 6) is 0.906. The van der Waals surface area contributed by atoms with Gasteiger partial charge < -0.3 is 13.7 Å². The Hall–Kier alpha value is -1.26. The van der Waals surface area contributed by atoms with Crippen molar-refractivity contribution < 1.29 is 13.7 Å². The van der Waals surface area contributed by atoms with E-state index in [1.54, 1.807) is 0 Å². The van der Waals surface area contributed by atoms with Crippen LogP contribution < -0.4 is 5.46 Å². The zero-order valence-electron chi connectivity index (χ0n) is 13.0. The van der Waals surface area contributed by atoms with Crippen molar-refractivity contribution in [2.24, 2.45) is 0 Å². The molecule has 4 heteroatoms. The average molecular weight is 272 g/mol. The van der Waals surface area contributed by atoms with Crippen LogP contribution in [0.3, 0.4) is 0 Å². The fourth-order valence-electron chi connectivity index (χ4n) is 2.61. The Bertz CT molecular complexity index is 654. The van der Waals surface area contributed by atoms with Gasteiger partial charge >= 0.3 is 7.12 Å². The third kappa shape index (κ3) is 1.98. The molecule has 1 saturated heterocycles. The van der Waals surface area contributed by atoms with Gasteiger partial charge in [0.25, 0.3) is 0 Å². The van der Waals surface area contributed by atoms with Crippen LogP contribution in [0.1, 0.15) is 39.0 Å². The summed E-state index contributed by atoms with van der Waals surface area (Å²) in [7, 11) is -0.382. The Balaban J connectivity index is 2.12. The minimum atomic E-state index is -0.382. The second-order valence-corrected chi connectivity index (χ2v) is 6.72. The maximum absolute atomic E-state index is 6.14. The molecule has 0 amide bonds. The van der Waals surface area contributed by atoms with Crippen molar-refractivity contribution >= 4 is 23.6 Å². The summed E-state index contributed by atoms with van der Waals surface area (Å²) >= 11 is 0. The Kier molecular flexibility index (Phi) is 2.83. The number of hydrogen-bond acceptors (Lipinski definition) is 3.